The van der Waals surface area contributed by atoms with Gasteiger partial charge in [-0.2, -0.15) is 14.7 Å². The van der Waals surface area contributed by atoms with E-state index in [9.17, 15) is 38.0 Å². The number of aryl methyl sites for hydroxylation is 5. The number of nitrogens with zero attached hydrogens (tertiary/aromatic N) is 22. The highest BCUT2D eigenvalue weighted by Crippen LogP contribution is 2.23. The third-order valence-corrected chi connectivity index (χ3v) is 16.9. The van der Waals surface area contributed by atoms with Gasteiger partial charge in [0.15, 0.2) is 45.0 Å². The standard InChI is InChI=1S/C10H12FN3O.3C10H13N3O.C9H11N3O.C8H11N5O.C8H11N5.C8H10N4O/c1-5(2)14-4-7(11)8-9(14)12-6(3)13-10(8)15;1-6(2)13-5-11-9-8(14)4-7(3)12-10(9)13;1-6(2)13-5-11-9-8(13)4-7(3)12-10(9)14;1-6(2)13-5-4-8-9(13)11-7(3)12-10(8)14;1-6(2)8-10-11-9-7(13)4-3-5-12(8)9;1-4(2)13-7-6(11-12-13)8(14)10-5(3)9-7;1-5(2)7-11-12-8-6(9)3-4-10-13(7)8;1-5(2)12-4-9-7-6(12)3-10-11-8(7)13/h4-5H,1-3H3,(H,12,13,15);2*4-6H,1-3H3,(H,12,14);4-6H,1-3H3,(H,11,12,14);3,5-6H,4H2,1-2H3;4H,1-3H3,(H,9,10,14);3-5H,9H2,1-2H3;3-5H,1-2H3,(H,11,13). The van der Waals surface area contributed by atoms with E-state index in [1.54, 1.807) is 88.7 Å². The van der Waals surface area contributed by atoms with Crippen LogP contribution in [0.1, 0.15) is 216 Å². The quantitative estimate of drug-likeness (QED) is 0.0743. The molecule has 0 spiro atoms. The van der Waals surface area contributed by atoms with Crippen molar-refractivity contribution in [2.24, 2.45) is 0 Å². The minimum Gasteiger partial charge on any atom is -0.396 e. The van der Waals surface area contributed by atoms with Gasteiger partial charge < -0.3 is 53.5 Å². The molecule has 8 N–H and O–H groups in total. The summed E-state index contributed by atoms with van der Waals surface area (Å²) in [7, 11) is 0. The van der Waals surface area contributed by atoms with Gasteiger partial charge in [-0.25, -0.2) is 44.1 Å². The van der Waals surface area contributed by atoms with Crippen LogP contribution in [0.5, 0.6) is 0 Å². The van der Waals surface area contributed by atoms with Gasteiger partial charge in [-0.3, -0.25) is 38.1 Å². The second kappa shape index (κ2) is 34.4. The Kier molecular flexibility index (Phi) is 25.4. The lowest BCUT2D eigenvalue weighted by Gasteiger charge is -2.09. The number of allylic oxidation sites excluding steroid dienone is 1. The largest absolute Gasteiger partial charge is 0.396 e. The fourth-order valence-corrected chi connectivity index (χ4v) is 11.5. The molecule has 0 saturated heterocycles. The van der Waals surface area contributed by atoms with E-state index in [4.69, 9.17) is 5.73 Å². The molecule has 16 heterocycles. The second-order valence-corrected chi connectivity index (χ2v) is 28.3. The van der Waals surface area contributed by atoms with Crippen molar-refractivity contribution in [3.8, 4) is 0 Å². The van der Waals surface area contributed by atoms with Crippen molar-refractivity contribution in [3.63, 3.8) is 0 Å². The van der Waals surface area contributed by atoms with Gasteiger partial charge in [0.1, 0.15) is 40.0 Å². The first kappa shape index (κ1) is 81.2. The zero-order chi connectivity index (χ0) is 80.6. The summed E-state index contributed by atoms with van der Waals surface area (Å²) in [5.41, 5.74) is 13.6. The highest BCUT2D eigenvalue weighted by atomic mass is 19.1. The minimum atomic E-state index is -0.521. The number of imidazole rings is 3. The molecule has 580 valence electrons. The van der Waals surface area contributed by atoms with Gasteiger partial charge in [-0.1, -0.05) is 39.0 Å². The van der Waals surface area contributed by atoms with Crippen LogP contribution in [0.25, 0.3) is 78.3 Å². The van der Waals surface area contributed by atoms with Crippen molar-refractivity contribution >= 4 is 89.8 Å². The van der Waals surface area contributed by atoms with Gasteiger partial charge in [-0.15, -0.1) is 25.5 Å². The van der Waals surface area contributed by atoms with Crippen LogP contribution in [0.2, 0.25) is 0 Å². The number of pyridine rings is 2. The van der Waals surface area contributed by atoms with E-state index in [1.807, 2.05) is 126 Å². The van der Waals surface area contributed by atoms with Gasteiger partial charge >= 0.3 is 0 Å². The van der Waals surface area contributed by atoms with Gasteiger partial charge in [0.05, 0.1) is 59.5 Å². The molecule has 15 aromatic heterocycles. The number of anilines is 1. The Morgan fingerprint density at radius 3 is 1.66 bits per heavy atom. The third-order valence-electron chi connectivity index (χ3n) is 16.9. The molecule has 0 fully saturated rings. The number of fused-ring (bicyclic) bond motifs is 8. The number of nitrogens with one attached hydrogen (secondary N) is 6. The highest BCUT2D eigenvalue weighted by Gasteiger charge is 2.22. The fourth-order valence-electron chi connectivity index (χ4n) is 11.5. The molecule has 0 bridgehead atoms. The molecule has 15 aromatic rings. The SMILES string of the molecule is CC(C)c1nnc2c(N)ccnn12.CC(C)c1nnc2n1C=CCC2=O.CC(C)n1cnc2c(=O)[nH]ncc21.Cc1cc(=O)c2ncn(C(C)C)c2[nH]1.Cc1cc2c(ncn2C(C)C)c(=O)[nH]1.Cc1nc2c(c(F)cn2C(C)C)c(=O)[nH]1.Cc1nc2c(ccn2C(C)C)c(=O)[nH]1.Cc1nc2c(nnn2C(C)C)c(=O)[nH]1. The summed E-state index contributed by atoms with van der Waals surface area (Å²) in [4.78, 5) is 119. The maximum atomic E-state index is 13.5. The Hall–Kier alpha value is -12.9. The number of hydrogen-bond acceptors (Lipinski definition) is 22. The molecule has 37 heteroatoms. The van der Waals surface area contributed by atoms with Crippen LogP contribution >= 0.6 is 0 Å². The molecule has 16 rings (SSSR count). The average Bonchev–Trinajstić information content (AvgIpc) is 1.83. The first-order valence-corrected chi connectivity index (χ1v) is 35.8. The summed E-state index contributed by atoms with van der Waals surface area (Å²) >= 11 is 0. The predicted octanol–water partition coefficient (Wildman–Crippen LogP) is 9.99. The number of carbonyl (C=O) groups is 1. The molecule has 0 radical (unpaired) electrons. The lowest BCUT2D eigenvalue weighted by Crippen LogP contribution is -2.11. The number of ketones is 1. The number of nitrogens with two attached hydrogens (primary N) is 1. The smallest absolute Gasteiger partial charge is 0.292 e. The van der Waals surface area contributed by atoms with Crippen LogP contribution < -0.4 is 39.0 Å². The predicted molar refractivity (Wildman–Crippen MR) is 419 cm³/mol. The number of rotatable bonds is 8. The normalized spacial score (nSPS) is 11.9. The first-order valence-electron chi connectivity index (χ1n) is 35.8. The topological polar surface area (TPSA) is 460 Å². The number of nitrogen functional groups attached to an aromatic ring is 1. The van der Waals surface area contributed by atoms with Crippen LogP contribution in [-0.4, -0.2) is 143 Å². The van der Waals surface area contributed by atoms with Crippen molar-refractivity contribution < 1.29 is 9.18 Å². The number of carbonyl (C=O) groups excluding carboxylic acids is 1. The summed E-state index contributed by atoms with van der Waals surface area (Å²) in [6, 6.07) is 8.49. The Balaban J connectivity index is 0.000000145. The Morgan fingerprint density at radius 2 is 1.05 bits per heavy atom. The van der Waals surface area contributed by atoms with Crippen LogP contribution in [0.15, 0.2) is 103 Å². The maximum absolute atomic E-state index is 13.5. The van der Waals surface area contributed by atoms with Crippen LogP contribution in [-0.2, 0) is 0 Å². The fraction of sp³-hybridized carbons (Fsp3) is 0.411. The van der Waals surface area contributed by atoms with E-state index in [0.717, 1.165) is 45.4 Å². The van der Waals surface area contributed by atoms with Crippen LogP contribution in [0, 0.1) is 40.4 Å². The second-order valence-electron chi connectivity index (χ2n) is 28.3. The zero-order valence-corrected chi connectivity index (χ0v) is 65.5. The number of aromatic nitrogens is 28. The monoisotopic (exact) mass is 1510 g/mol. The molecule has 0 amide bonds. The summed E-state index contributed by atoms with van der Waals surface area (Å²) < 4.78 is 28.1. The molecule has 0 aromatic carbocycles. The van der Waals surface area contributed by atoms with Crippen molar-refractivity contribution in [2.45, 2.75) is 200 Å². The van der Waals surface area contributed by atoms with Gasteiger partial charge in [-0.05, 0) is 136 Å². The molecule has 0 saturated carbocycles. The third kappa shape index (κ3) is 18.0. The number of H-pyrrole nitrogens is 6. The lowest BCUT2D eigenvalue weighted by molar-refractivity contribution is 0.0981. The van der Waals surface area contributed by atoms with E-state index >= 15 is 0 Å². The van der Waals surface area contributed by atoms with Crippen molar-refractivity contribution in [3.05, 3.63) is 188 Å². The average molecular weight is 1510 g/mol. The number of hydrogen-bond donors (Lipinski definition) is 7. The van der Waals surface area contributed by atoms with Gasteiger partial charge in [0.25, 0.3) is 27.8 Å². The van der Waals surface area contributed by atoms with Gasteiger partial charge in [0, 0.05) is 84.5 Å². The molecular weight excluding hydrogens is 1410 g/mol. The molecular formula is C73H94FN29O7. The number of Topliss-reactive ketones (excluding diaryl/α,β-unsaturated/α-hetero) is 1. The summed E-state index contributed by atoms with van der Waals surface area (Å²) in [6.07, 6.45) is 15.7. The summed E-state index contributed by atoms with van der Waals surface area (Å²) in [6.45, 7) is 41.3. The molecule has 36 nitrogen and oxygen atoms in total. The van der Waals surface area contributed by atoms with E-state index in [1.165, 1.54) is 6.20 Å². The molecule has 110 heavy (non-hydrogen) atoms. The lowest BCUT2D eigenvalue weighted by atomic mass is 10.2. The summed E-state index contributed by atoms with van der Waals surface area (Å²) in [5, 5.41) is 34.4. The maximum Gasteiger partial charge on any atom is 0.292 e. The number of aromatic amines is 6. The first-order chi connectivity index (χ1) is 52.0. The molecule has 0 atom stereocenters. The Labute approximate surface area is 627 Å². The van der Waals surface area contributed by atoms with E-state index in [-0.39, 0.29) is 62.9 Å². The molecule has 0 aliphatic carbocycles. The van der Waals surface area contributed by atoms with Crippen molar-refractivity contribution in [1.82, 2.24) is 137 Å². The molecule has 0 unspecified atom stereocenters. The molecule has 1 aliphatic rings. The molecule has 1 aliphatic heterocycles. The highest BCUT2D eigenvalue weighted by molar-refractivity contribution is 5.96. The minimum absolute atomic E-state index is 0.0179. The Morgan fingerprint density at radius 1 is 0.500 bits per heavy atom. The van der Waals surface area contributed by atoms with E-state index in [2.05, 4.69) is 142 Å². The zero-order valence-electron chi connectivity index (χ0n) is 65.5. The van der Waals surface area contributed by atoms with Crippen LogP contribution in [0.3, 0.4) is 0 Å². The van der Waals surface area contributed by atoms with Crippen molar-refractivity contribution in [1.29, 1.82) is 0 Å². The van der Waals surface area contributed by atoms with Gasteiger partial charge in [0.2, 0.25) is 22.7 Å². The summed E-state index contributed by atoms with van der Waals surface area (Å²) in [5.74, 6) is 3.98. The van der Waals surface area contributed by atoms with E-state index < -0.39 is 11.4 Å². The van der Waals surface area contributed by atoms with E-state index in [0.29, 0.717) is 104 Å². The Bertz CT molecular complexity index is 5790. The number of halogens is 1. The van der Waals surface area contributed by atoms with Crippen molar-refractivity contribution in [2.75, 3.05) is 5.73 Å². The van der Waals surface area contributed by atoms with Crippen LogP contribution in [0.4, 0.5) is 10.1 Å².